The van der Waals surface area contributed by atoms with Crippen LogP contribution in [-0.2, 0) is 104 Å². The van der Waals surface area contributed by atoms with Gasteiger partial charge in [-0.2, -0.15) is 0 Å². The second-order valence-electron chi connectivity index (χ2n) is 30.2. The molecular formula is C66H111N3O51. The molecule has 10 saturated heterocycles. The van der Waals surface area contributed by atoms with Crippen LogP contribution in [0, 0.1) is 0 Å². The van der Waals surface area contributed by atoms with Gasteiger partial charge in [-0.1, -0.05) is 0 Å². The Balaban J connectivity index is 0.938. The molecule has 32 N–H and O–H groups in total. The van der Waals surface area contributed by atoms with Crippen molar-refractivity contribution in [1.29, 1.82) is 0 Å². The van der Waals surface area contributed by atoms with E-state index >= 15 is 0 Å². The number of carbonyl (C=O) groups excluding carboxylic acids is 3. The largest absolute Gasteiger partial charge is 0.394 e. The number of carbonyl (C=O) groups is 3. The van der Waals surface area contributed by atoms with E-state index in [9.17, 15) is 162 Å². The van der Waals surface area contributed by atoms with Crippen LogP contribution < -0.4 is 16.0 Å². The van der Waals surface area contributed by atoms with Gasteiger partial charge >= 0.3 is 0 Å². The molecule has 0 aliphatic carbocycles. The van der Waals surface area contributed by atoms with E-state index in [0.29, 0.717) is 0 Å². The Kier molecular flexibility index (Phi) is 35.4. The summed E-state index contributed by atoms with van der Waals surface area (Å²) < 4.78 is 111. The van der Waals surface area contributed by atoms with Gasteiger partial charge in [-0.15, -0.1) is 0 Å². The normalized spacial score (nSPS) is 50.4. The number of amides is 3. The molecule has 10 fully saturated rings. The monoisotopic (exact) mass is 1760 g/mol. The summed E-state index contributed by atoms with van der Waals surface area (Å²) in [5.41, 5.74) is 0. The maximum absolute atomic E-state index is 13.2. The van der Waals surface area contributed by atoms with Crippen molar-refractivity contribution in [2.45, 2.75) is 328 Å². The summed E-state index contributed by atoms with van der Waals surface area (Å²) >= 11 is 0. The quantitative estimate of drug-likeness (QED) is 0.0306. The van der Waals surface area contributed by atoms with Crippen molar-refractivity contribution in [2.75, 3.05) is 66.1 Å². The third-order valence-corrected chi connectivity index (χ3v) is 22.1. The summed E-state index contributed by atoms with van der Waals surface area (Å²) in [5.74, 6) is -2.98. The summed E-state index contributed by atoms with van der Waals surface area (Å²) in [6, 6.07) is -6.02. The SMILES string of the molecule is CC(=O)N[C@H]1[C@H](OC[C@H]2O[C@@H](O[C@H]3[C@H](O)[C@@H](NC(C)=O)[C@H](O[C@H]4[C@@H](O)[C@@H](CO)O[C@@H](O[C@H]5[C@H](O)[C@@H](O)C(O)O[C@@H]5CO)[C@@H]4O)O[C@@H]3CO)[C@H](O)[C@@H](O[C@@H]3O[C@H](CO)[C@@H](O[C@@H]4O[C@H](CO)[C@H](O)[C@H](O[C@H]5O[C@H](CO)[C@H](O)[C@H](O)[C@H]5O)[C@H]4O)[C@H](O)[C@H]3NC(C)=O)[C@H]2O)O[C@H](CO)[C@@H](O[C@@H]2O[C@H](CO)[C@H](O)[C@H](O[C@H]3O[C@H](CO)[C@H](O)[C@H](O)[C@H]3O)[C@H]2O)[C@@H]1O. The minimum Gasteiger partial charge on any atom is -0.394 e. The van der Waals surface area contributed by atoms with Crippen LogP contribution in [-0.4, -0.2) is 539 Å². The van der Waals surface area contributed by atoms with Crippen LogP contribution in [0.25, 0.3) is 0 Å². The molecule has 0 aromatic rings. The second-order valence-corrected chi connectivity index (χ2v) is 30.2. The molecule has 54 nitrogen and oxygen atoms in total. The highest BCUT2D eigenvalue weighted by Crippen LogP contribution is 2.41. The van der Waals surface area contributed by atoms with Crippen LogP contribution in [0.3, 0.4) is 0 Å². The number of aliphatic hydroxyl groups is 29. The number of aliphatic hydroxyl groups excluding tert-OH is 29. The molecule has 0 radical (unpaired) electrons. The number of nitrogens with one attached hydrogen (secondary N) is 3. The topological polar surface area (TPSA) is 849 Å². The molecule has 1 unspecified atom stereocenters. The first-order valence-electron chi connectivity index (χ1n) is 38.2. The van der Waals surface area contributed by atoms with E-state index in [0.717, 1.165) is 20.8 Å². The van der Waals surface area contributed by atoms with Gasteiger partial charge in [0, 0.05) is 20.8 Å². The Morgan fingerprint density at radius 3 is 0.725 bits per heavy atom. The summed E-state index contributed by atoms with van der Waals surface area (Å²) in [6.07, 6.45) is -97.7. The summed E-state index contributed by atoms with van der Waals surface area (Å²) in [6.45, 7) is -8.25. The second kappa shape index (κ2) is 43.1. The third kappa shape index (κ3) is 21.2. The van der Waals surface area contributed by atoms with Gasteiger partial charge in [0.2, 0.25) is 17.7 Å². The average Bonchev–Trinajstić information content (AvgIpc) is 0.782. The van der Waals surface area contributed by atoms with Crippen LogP contribution in [0.5, 0.6) is 0 Å². The van der Waals surface area contributed by atoms with Crippen LogP contribution >= 0.6 is 0 Å². The van der Waals surface area contributed by atoms with Gasteiger partial charge in [-0.25, -0.2) is 0 Å². The number of ether oxygens (including phenoxy) is 19. The Hall–Kier alpha value is -3.51. The first-order chi connectivity index (χ1) is 56.8. The van der Waals surface area contributed by atoms with Gasteiger partial charge in [0.1, 0.15) is 244 Å². The predicted octanol–water partition coefficient (Wildman–Crippen LogP) is -22.4. The lowest BCUT2D eigenvalue weighted by atomic mass is 9.93. The smallest absolute Gasteiger partial charge is 0.217 e. The molecule has 50 atom stereocenters. The Labute approximate surface area is 678 Å². The molecule has 0 aromatic carbocycles. The zero-order valence-electron chi connectivity index (χ0n) is 63.9. The lowest BCUT2D eigenvalue weighted by Gasteiger charge is -2.51. The van der Waals surface area contributed by atoms with Crippen molar-refractivity contribution in [1.82, 2.24) is 16.0 Å². The summed E-state index contributed by atoms with van der Waals surface area (Å²) in [5, 5.41) is 327. The van der Waals surface area contributed by atoms with Gasteiger partial charge in [-0.3, -0.25) is 14.4 Å². The molecule has 10 aliphatic heterocycles. The fraction of sp³-hybridized carbons (Fsp3) is 0.955. The standard InChI is InChI=1S/C66H111N3O51/c1-14(79)67-27-36(88)49(113-63-46(98)54(33(85)20(7-73)106-63)119-61-43(95)39(91)30(82)17(4-70)104-61)23(10-76)109-58(27)102-13-26-35(87)56(118-60-29(69-16(3)81)37(89)50(24(11-77)111-60)114-64-47(99)55(34(86)21(8-74)107-64)120-62-44(96)40(92)31(83)18(5-71)105-62)48(100)66(112-26)115-51-25(12-78)110-59(28(38(51)90)68-15(2)80)117-53-32(84)19(6-72)108-65(45(53)97)116-52-22(9-75)103-57(101)42(94)41(52)93/h17-66,70-78,82-101H,4-13H2,1-3H3,(H,67,79)(H,68,80)(H,69,81)/t17-,18-,19-,20-,21-,22-,23-,24-,25-,26-,27-,28-,29-,30+,31+,32+,33+,34+,35+,36-,37-,38-,39+,40+,41-,42-,43-,44-,45-,46-,47-,48-,49-,50-,51-,52-,53+,54+,55+,56+,57?,58-,59+,60+,61-,62-,63+,64+,65+,66+/m1/s1. The Morgan fingerprint density at radius 1 is 0.217 bits per heavy atom. The lowest BCUT2D eigenvalue weighted by molar-refractivity contribution is -0.391. The summed E-state index contributed by atoms with van der Waals surface area (Å²) in [7, 11) is 0. The fourth-order valence-electron chi connectivity index (χ4n) is 15.6. The minimum absolute atomic E-state index is 0.897. The Bertz CT molecular complexity index is 3180. The summed E-state index contributed by atoms with van der Waals surface area (Å²) in [4.78, 5) is 39.4. The molecule has 10 heterocycles. The molecule has 0 spiro atoms. The molecule has 696 valence electrons. The highest BCUT2D eigenvalue weighted by molar-refractivity contribution is 5.74. The zero-order valence-corrected chi connectivity index (χ0v) is 63.9. The molecule has 0 bridgehead atoms. The highest BCUT2D eigenvalue weighted by Gasteiger charge is 2.62. The molecule has 10 aliphatic rings. The van der Waals surface area contributed by atoms with Crippen molar-refractivity contribution >= 4 is 17.7 Å². The number of hydrogen-bond donors (Lipinski definition) is 32. The van der Waals surface area contributed by atoms with Gasteiger partial charge < -0.3 is 254 Å². The highest BCUT2D eigenvalue weighted by atomic mass is 16.8. The zero-order chi connectivity index (χ0) is 88.2. The maximum Gasteiger partial charge on any atom is 0.217 e. The molecule has 0 aromatic heterocycles. The van der Waals surface area contributed by atoms with E-state index in [4.69, 9.17) is 90.0 Å². The van der Waals surface area contributed by atoms with Gasteiger partial charge in [0.15, 0.2) is 62.9 Å². The van der Waals surface area contributed by atoms with Crippen LogP contribution in [0.2, 0.25) is 0 Å². The van der Waals surface area contributed by atoms with E-state index in [2.05, 4.69) is 16.0 Å². The molecule has 54 heteroatoms. The van der Waals surface area contributed by atoms with Crippen molar-refractivity contribution < 1.29 is 252 Å². The molecule has 120 heavy (non-hydrogen) atoms. The number of rotatable bonds is 31. The van der Waals surface area contributed by atoms with Crippen molar-refractivity contribution in [3.63, 3.8) is 0 Å². The predicted molar refractivity (Wildman–Crippen MR) is 364 cm³/mol. The van der Waals surface area contributed by atoms with Crippen molar-refractivity contribution in [2.24, 2.45) is 0 Å². The molecule has 3 amide bonds. The maximum atomic E-state index is 13.2. The van der Waals surface area contributed by atoms with E-state index in [-0.39, 0.29) is 0 Å². The van der Waals surface area contributed by atoms with Crippen molar-refractivity contribution in [3.05, 3.63) is 0 Å². The van der Waals surface area contributed by atoms with Crippen LogP contribution in [0.1, 0.15) is 20.8 Å². The van der Waals surface area contributed by atoms with E-state index in [1.165, 1.54) is 0 Å². The Morgan fingerprint density at radius 2 is 0.433 bits per heavy atom. The third-order valence-electron chi connectivity index (χ3n) is 22.1. The van der Waals surface area contributed by atoms with Crippen LogP contribution in [0.15, 0.2) is 0 Å². The fourth-order valence-corrected chi connectivity index (χ4v) is 15.6. The van der Waals surface area contributed by atoms with Crippen LogP contribution in [0.4, 0.5) is 0 Å². The number of hydrogen-bond acceptors (Lipinski definition) is 51. The van der Waals surface area contributed by atoms with Gasteiger partial charge in [0.25, 0.3) is 0 Å². The van der Waals surface area contributed by atoms with Crippen molar-refractivity contribution in [3.8, 4) is 0 Å². The molecular weight excluding hydrogens is 1650 g/mol. The van der Waals surface area contributed by atoms with Gasteiger partial charge in [-0.05, 0) is 0 Å². The average molecular weight is 1760 g/mol. The molecule has 10 rings (SSSR count). The van der Waals surface area contributed by atoms with E-state index in [1.54, 1.807) is 0 Å². The van der Waals surface area contributed by atoms with Gasteiger partial charge in [0.05, 0.1) is 66.1 Å². The first-order valence-corrected chi connectivity index (χ1v) is 38.2. The lowest BCUT2D eigenvalue weighted by Crippen LogP contribution is -2.71. The minimum atomic E-state index is -2.56. The van der Waals surface area contributed by atoms with E-state index in [1.807, 2.05) is 0 Å². The van der Waals surface area contributed by atoms with E-state index < -0.39 is 391 Å². The molecule has 0 saturated carbocycles. The first kappa shape index (κ1) is 98.7.